The van der Waals surface area contributed by atoms with Gasteiger partial charge in [-0.05, 0) is 49.6 Å². The summed E-state index contributed by atoms with van der Waals surface area (Å²) >= 11 is 6.10. The van der Waals surface area contributed by atoms with Gasteiger partial charge in [-0.25, -0.2) is 4.98 Å². The molecule has 2 N–H and O–H groups in total. The molecule has 5 rings (SSSR count). The Morgan fingerprint density at radius 2 is 1.94 bits per heavy atom. The number of rotatable bonds is 4. The summed E-state index contributed by atoms with van der Waals surface area (Å²) in [4.78, 5) is 22.5. The van der Waals surface area contributed by atoms with Crippen molar-refractivity contribution in [3.05, 3.63) is 52.8 Å². The summed E-state index contributed by atoms with van der Waals surface area (Å²) < 4.78 is 0. The number of nitrogens with zero attached hydrogens (tertiary/aromatic N) is 4. The Kier molecular flexibility index (Phi) is 5.54. The van der Waals surface area contributed by atoms with Gasteiger partial charge in [0.25, 0.3) is 0 Å². The number of hydrogen-bond donors (Lipinski definition) is 2. The van der Waals surface area contributed by atoms with Crippen molar-refractivity contribution in [2.75, 3.05) is 37.6 Å². The zero-order valence-corrected chi connectivity index (χ0v) is 18.4. The average Bonchev–Trinajstić information content (AvgIpc) is 3.48. The van der Waals surface area contributed by atoms with Crippen molar-refractivity contribution < 1.29 is 4.79 Å². The van der Waals surface area contributed by atoms with Gasteiger partial charge in [0, 0.05) is 43.4 Å². The Morgan fingerprint density at radius 3 is 2.65 bits per heavy atom. The number of pyridine rings is 1. The third-order valence-corrected chi connectivity index (χ3v) is 6.79. The van der Waals surface area contributed by atoms with E-state index >= 15 is 0 Å². The van der Waals surface area contributed by atoms with Crippen LogP contribution in [0, 0.1) is 6.92 Å². The van der Waals surface area contributed by atoms with Gasteiger partial charge in [0.1, 0.15) is 0 Å². The normalized spacial score (nSPS) is 20.4. The van der Waals surface area contributed by atoms with Crippen LogP contribution in [0.5, 0.6) is 0 Å². The largest absolute Gasteiger partial charge is 0.367 e. The Hall–Kier alpha value is -2.64. The number of anilines is 1. The zero-order valence-electron chi connectivity index (χ0n) is 17.6. The van der Waals surface area contributed by atoms with E-state index in [9.17, 15) is 4.79 Å². The lowest BCUT2D eigenvalue weighted by atomic mass is 9.89. The van der Waals surface area contributed by atoms with Crippen LogP contribution >= 0.6 is 11.6 Å². The number of aromatic amines is 1. The van der Waals surface area contributed by atoms with Crippen molar-refractivity contribution >= 4 is 34.2 Å². The predicted molar refractivity (Wildman–Crippen MR) is 123 cm³/mol. The van der Waals surface area contributed by atoms with E-state index in [4.69, 9.17) is 11.6 Å². The molecule has 8 heteroatoms. The molecule has 2 fully saturated rings. The van der Waals surface area contributed by atoms with Crippen LogP contribution in [0.3, 0.4) is 0 Å². The second kappa shape index (κ2) is 8.48. The van der Waals surface area contributed by atoms with E-state index in [2.05, 4.69) is 32.3 Å². The minimum Gasteiger partial charge on any atom is -0.367 e. The summed E-state index contributed by atoms with van der Waals surface area (Å²) in [6, 6.07) is 7.94. The highest BCUT2D eigenvalue weighted by molar-refractivity contribution is 6.30. The van der Waals surface area contributed by atoms with E-state index in [0.29, 0.717) is 18.1 Å². The molecule has 0 spiro atoms. The summed E-state index contributed by atoms with van der Waals surface area (Å²) in [7, 11) is 0. The van der Waals surface area contributed by atoms with Crippen LogP contribution in [0.1, 0.15) is 29.9 Å². The highest BCUT2D eigenvalue weighted by atomic mass is 35.5. The first kappa shape index (κ1) is 20.3. The number of benzene rings is 1. The number of hydrogen-bond acceptors (Lipinski definition) is 5. The minimum atomic E-state index is -0.172. The molecular formula is C23H27ClN6O. The van der Waals surface area contributed by atoms with Crippen LogP contribution in [-0.4, -0.2) is 64.8 Å². The molecule has 2 aromatic heterocycles. The number of carbonyl (C=O) groups is 1. The van der Waals surface area contributed by atoms with E-state index in [1.54, 1.807) is 0 Å². The molecule has 2 saturated heterocycles. The maximum absolute atomic E-state index is 13.7. The molecular weight excluding hydrogens is 412 g/mol. The lowest BCUT2D eigenvalue weighted by Gasteiger charge is -2.39. The number of aryl methyl sites for hydroxylation is 1. The molecule has 1 amide bonds. The zero-order chi connectivity index (χ0) is 21.4. The molecule has 2 aliphatic rings. The number of aromatic nitrogens is 3. The van der Waals surface area contributed by atoms with Gasteiger partial charge in [0.05, 0.1) is 23.2 Å². The van der Waals surface area contributed by atoms with Crippen LogP contribution in [0.25, 0.3) is 11.0 Å². The average molecular weight is 439 g/mol. The monoisotopic (exact) mass is 438 g/mol. The highest BCUT2D eigenvalue weighted by Crippen LogP contribution is 2.31. The second-order valence-electron chi connectivity index (χ2n) is 8.47. The van der Waals surface area contributed by atoms with Crippen LogP contribution in [0.4, 0.5) is 5.69 Å². The first-order valence-electron chi connectivity index (χ1n) is 10.9. The summed E-state index contributed by atoms with van der Waals surface area (Å²) in [6.07, 6.45) is 5.85. The first-order valence-corrected chi connectivity index (χ1v) is 11.3. The van der Waals surface area contributed by atoms with Gasteiger partial charge in [-0.1, -0.05) is 23.7 Å². The van der Waals surface area contributed by atoms with Gasteiger partial charge in [-0.2, -0.15) is 5.10 Å². The first-order chi connectivity index (χ1) is 15.1. The third-order valence-electron chi connectivity index (χ3n) is 6.54. The van der Waals surface area contributed by atoms with E-state index in [1.165, 1.54) is 0 Å². The number of fused-ring (bicyclic) bond motifs is 1. The standard InChI is InChI=1S/C23H27ClN6O/c1-15-13-26-22-18(14-27-28-22)21(15)29-9-11-30(12-10-29)23(31)20(19-3-2-8-25-19)16-4-6-17(24)7-5-16/h4-7,13-14,19-20,25H,2-3,8-12H2,1H3,(H,26,27,28). The maximum Gasteiger partial charge on any atom is 0.231 e. The van der Waals surface area contributed by atoms with Gasteiger partial charge in [0.2, 0.25) is 5.91 Å². The maximum atomic E-state index is 13.7. The van der Waals surface area contributed by atoms with Crippen LogP contribution < -0.4 is 10.2 Å². The van der Waals surface area contributed by atoms with Crippen molar-refractivity contribution in [1.82, 2.24) is 25.4 Å². The van der Waals surface area contributed by atoms with E-state index in [1.807, 2.05) is 41.6 Å². The predicted octanol–water partition coefficient (Wildman–Crippen LogP) is 3.10. The van der Waals surface area contributed by atoms with Crippen molar-refractivity contribution in [3.8, 4) is 0 Å². The molecule has 0 aliphatic carbocycles. The van der Waals surface area contributed by atoms with Crippen molar-refractivity contribution in [2.24, 2.45) is 0 Å². The molecule has 7 nitrogen and oxygen atoms in total. The summed E-state index contributed by atoms with van der Waals surface area (Å²) in [5, 5.41) is 12.4. The van der Waals surface area contributed by atoms with Crippen molar-refractivity contribution in [3.63, 3.8) is 0 Å². The lowest BCUT2D eigenvalue weighted by Crippen LogP contribution is -2.52. The number of nitrogens with one attached hydrogen (secondary N) is 2. The Balaban J connectivity index is 1.35. The molecule has 2 atom stereocenters. The molecule has 3 aromatic rings. The number of piperazine rings is 1. The number of H-pyrrole nitrogens is 1. The lowest BCUT2D eigenvalue weighted by molar-refractivity contribution is -0.133. The third kappa shape index (κ3) is 3.88. The van der Waals surface area contributed by atoms with E-state index in [-0.39, 0.29) is 17.9 Å². The molecule has 0 saturated carbocycles. The van der Waals surface area contributed by atoms with Crippen LogP contribution in [0.2, 0.25) is 5.02 Å². The van der Waals surface area contributed by atoms with Gasteiger partial charge >= 0.3 is 0 Å². The van der Waals surface area contributed by atoms with Crippen LogP contribution in [-0.2, 0) is 4.79 Å². The van der Waals surface area contributed by atoms with Crippen LogP contribution in [0.15, 0.2) is 36.7 Å². The minimum absolute atomic E-state index is 0.172. The summed E-state index contributed by atoms with van der Waals surface area (Å²) in [5.74, 6) is 0.0378. The second-order valence-corrected chi connectivity index (χ2v) is 8.90. The van der Waals surface area contributed by atoms with Gasteiger partial charge < -0.3 is 15.1 Å². The quantitative estimate of drug-likeness (QED) is 0.654. The molecule has 0 bridgehead atoms. The van der Waals surface area contributed by atoms with Crippen molar-refractivity contribution in [2.45, 2.75) is 31.7 Å². The molecule has 1 aromatic carbocycles. The Bertz CT molecular complexity index is 1070. The van der Waals surface area contributed by atoms with Gasteiger partial charge in [0.15, 0.2) is 5.65 Å². The SMILES string of the molecule is Cc1cnc2[nH]ncc2c1N1CCN(C(=O)C(c2ccc(Cl)cc2)C2CCCN2)CC1. The Labute approximate surface area is 186 Å². The molecule has 31 heavy (non-hydrogen) atoms. The smallest absolute Gasteiger partial charge is 0.231 e. The number of halogens is 1. The number of amides is 1. The summed E-state index contributed by atoms with van der Waals surface area (Å²) in [6.45, 7) is 6.05. The molecule has 2 aliphatic heterocycles. The molecule has 0 radical (unpaired) electrons. The van der Waals surface area contributed by atoms with E-state index in [0.717, 1.165) is 60.3 Å². The topological polar surface area (TPSA) is 77.2 Å². The fourth-order valence-corrected chi connectivity index (χ4v) is 5.09. The number of carbonyl (C=O) groups excluding carboxylic acids is 1. The fourth-order valence-electron chi connectivity index (χ4n) is 4.97. The molecule has 162 valence electrons. The summed E-state index contributed by atoms with van der Waals surface area (Å²) in [5.41, 5.74) is 4.14. The highest BCUT2D eigenvalue weighted by Gasteiger charge is 2.36. The van der Waals surface area contributed by atoms with Crippen molar-refractivity contribution in [1.29, 1.82) is 0 Å². The van der Waals surface area contributed by atoms with Gasteiger partial charge in [-0.3, -0.25) is 9.89 Å². The van der Waals surface area contributed by atoms with Gasteiger partial charge in [-0.15, -0.1) is 0 Å². The molecule has 4 heterocycles. The molecule has 2 unspecified atom stereocenters. The fraction of sp³-hybridized carbons (Fsp3) is 0.435. The Morgan fingerprint density at radius 1 is 1.16 bits per heavy atom. The van der Waals surface area contributed by atoms with E-state index < -0.39 is 0 Å².